The molecule has 3 aromatic carbocycles. The van der Waals surface area contributed by atoms with Gasteiger partial charge in [0.2, 0.25) is 21.8 Å². The molecule has 220 valence electrons. The van der Waals surface area contributed by atoms with Crippen molar-refractivity contribution >= 4 is 27.5 Å². The number of hydrogen-bond acceptors (Lipinski definition) is 4. The standard InChI is InChI=1S/C32H40FN3O4S/c1-23(2)25-16-18-27(19-17-25)36(41(6,39)40)22-30(37)35(21-26-14-10-11-15-28(26)33)29(31(38)34-32(3,4)5)20-24-12-8-7-9-13-24/h7-19,23,29H,20-22H2,1-6H3,(H,34,38)/t29-/m1/s1. The number of nitrogens with one attached hydrogen (secondary N) is 1. The predicted molar refractivity (Wildman–Crippen MR) is 162 cm³/mol. The number of rotatable bonds is 11. The van der Waals surface area contributed by atoms with Gasteiger partial charge < -0.3 is 10.2 Å². The van der Waals surface area contributed by atoms with E-state index >= 15 is 0 Å². The van der Waals surface area contributed by atoms with E-state index < -0.39 is 45.8 Å². The molecule has 0 aliphatic rings. The highest BCUT2D eigenvalue weighted by molar-refractivity contribution is 7.92. The van der Waals surface area contributed by atoms with Crippen LogP contribution >= 0.6 is 0 Å². The molecule has 0 saturated heterocycles. The summed E-state index contributed by atoms with van der Waals surface area (Å²) in [7, 11) is -3.88. The van der Waals surface area contributed by atoms with E-state index in [9.17, 15) is 22.4 Å². The molecule has 2 amide bonds. The van der Waals surface area contributed by atoms with E-state index in [-0.39, 0.29) is 24.4 Å². The Morgan fingerprint density at radius 1 is 0.902 bits per heavy atom. The summed E-state index contributed by atoms with van der Waals surface area (Å²) in [5.41, 5.74) is 1.77. The SMILES string of the molecule is CC(C)c1ccc(N(CC(=O)N(Cc2ccccc2F)[C@H](Cc2ccccc2)C(=O)NC(C)(C)C)S(C)(=O)=O)cc1. The number of benzene rings is 3. The molecule has 0 aliphatic heterocycles. The number of hydrogen-bond donors (Lipinski definition) is 1. The third-order valence-corrected chi connectivity index (χ3v) is 7.74. The average Bonchev–Trinajstić information content (AvgIpc) is 2.89. The molecular formula is C32H40FN3O4S. The van der Waals surface area contributed by atoms with Crippen LogP contribution in [0, 0.1) is 5.82 Å². The first kappa shape index (κ1) is 31.8. The molecule has 0 saturated carbocycles. The molecule has 0 spiro atoms. The first-order valence-electron chi connectivity index (χ1n) is 13.6. The van der Waals surface area contributed by atoms with Crippen molar-refractivity contribution in [3.8, 4) is 0 Å². The van der Waals surface area contributed by atoms with Gasteiger partial charge in [0.05, 0.1) is 11.9 Å². The van der Waals surface area contributed by atoms with Crippen LogP contribution < -0.4 is 9.62 Å². The summed E-state index contributed by atoms with van der Waals surface area (Å²) in [6, 6.07) is 21.2. The molecule has 3 aromatic rings. The molecule has 0 radical (unpaired) electrons. The Labute approximate surface area is 243 Å². The lowest BCUT2D eigenvalue weighted by Gasteiger charge is -2.35. The Morgan fingerprint density at radius 2 is 1.49 bits per heavy atom. The highest BCUT2D eigenvalue weighted by Gasteiger charge is 2.34. The second-order valence-corrected chi connectivity index (χ2v) is 13.5. The topological polar surface area (TPSA) is 86.8 Å². The molecule has 0 unspecified atom stereocenters. The number of carbonyl (C=O) groups excluding carboxylic acids is 2. The molecule has 41 heavy (non-hydrogen) atoms. The second-order valence-electron chi connectivity index (χ2n) is 11.6. The normalized spacial score (nSPS) is 12.6. The molecule has 7 nitrogen and oxygen atoms in total. The van der Waals surface area contributed by atoms with E-state index in [4.69, 9.17) is 0 Å². The quantitative estimate of drug-likeness (QED) is 0.334. The minimum atomic E-state index is -3.88. The number of amides is 2. The van der Waals surface area contributed by atoms with Gasteiger partial charge in [-0.15, -0.1) is 0 Å². The smallest absolute Gasteiger partial charge is 0.244 e. The van der Waals surface area contributed by atoms with Gasteiger partial charge in [-0.2, -0.15) is 0 Å². The first-order chi connectivity index (χ1) is 19.2. The van der Waals surface area contributed by atoms with Crippen molar-refractivity contribution in [2.75, 3.05) is 17.1 Å². The summed E-state index contributed by atoms with van der Waals surface area (Å²) in [6.07, 6.45) is 1.19. The summed E-state index contributed by atoms with van der Waals surface area (Å²) in [5.74, 6) is -1.33. The zero-order valence-corrected chi connectivity index (χ0v) is 25.4. The van der Waals surface area contributed by atoms with Crippen molar-refractivity contribution in [2.24, 2.45) is 0 Å². The first-order valence-corrected chi connectivity index (χ1v) is 15.5. The molecule has 0 aliphatic carbocycles. The van der Waals surface area contributed by atoms with Crippen LogP contribution in [0.15, 0.2) is 78.9 Å². The fraction of sp³-hybridized carbons (Fsp3) is 0.375. The van der Waals surface area contributed by atoms with Crippen molar-refractivity contribution in [1.29, 1.82) is 0 Å². The van der Waals surface area contributed by atoms with E-state index in [0.717, 1.165) is 21.7 Å². The Kier molecular flexibility index (Phi) is 10.3. The summed E-state index contributed by atoms with van der Waals surface area (Å²) in [6.45, 7) is 8.79. The number of sulfonamides is 1. The number of anilines is 1. The lowest BCUT2D eigenvalue weighted by molar-refractivity contribution is -0.140. The van der Waals surface area contributed by atoms with Crippen LogP contribution in [0.3, 0.4) is 0 Å². The van der Waals surface area contributed by atoms with Gasteiger partial charge in [-0.25, -0.2) is 12.8 Å². The van der Waals surface area contributed by atoms with Gasteiger partial charge in [-0.1, -0.05) is 74.5 Å². The molecule has 3 rings (SSSR count). The van der Waals surface area contributed by atoms with Crippen molar-refractivity contribution in [1.82, 2.24) is 10.2 Å². The summed E-state index contributed by atoms with van der Waals surface area (Å²) >= 11 is 0. The van der Waals surface area contributed by atoms with Gasteiger partial charge in [0.1, 0.15) is 18.4 Å². The maximum Gasteiger partial charge on any atom is 0.244 e. The highest BCUT2D eigenvalue weighted by atomic mass is 32.2. The van der Waals surface area contributed by atoms with Crippen LogP contribution in [0.5, 0.6) is 0 Å². The Hall–Kier alpha value is -3.72. The van der Waals surface area contributed by atoms with E-state index in [1.54, 1.807) is 30.3 Å². The molecule has 1 atom stereocenters. The third-order valence-electron chi connectivity index (χ3n) is 6.59. The predicted octanol–water partition coefficient (Wildman–Crippen LogP) is 5.27. The fourth-order valence-electron chi connectivity index (χ4n) is 4.46. The number of halogens is 1. The lowest BCUT2D eigenvalue weighted by Crippen LogP contribution is -2.56. The minimum Gasteiger partial charge on any atom is -0.350 e. The van der Waals surface area contributed by atoms with Crippen LogP contribution in [0.2, 0.25) is 0 Å². The number of nitrogens with zero attached hydrogens (tertiary/aromatic N) is 2. The van der Waals surface area contributed by atoms with Gasteiger partial charge >= 0.3 is 0 Å². The van der Waals surface area contributed by atoms with Gasteiger partial charge in [-0.05, 0) is 56.0 Å². The van der Waals surface area contributed by atoms with E-state index in [1.165, 1.54) is 11.0 Å². The van der Waals surface area contributed by atoms with Crippen molar-refractivity contribution in [3.63, 3.8) is 0 Å². The number of carbonyl (C=O) groups is 2. The molecule has 0 aromatic heterocycles. The zero-order valence-electron chi connectivity index (χ0n) is 24.6. The molecule has 0 fully saturated rings. The third kappa shape index (κ3) is 9.14. The van der Waals surface area contributed by atoms with Crippen LogP contribution in [0.4, 0.5) is 10.1 Å². The summed E-state index contributed by atoms with van der Waals surface area (Å²) < 4.78 is 41.7. The highest BCUT2D eigenvalue weighted by Crippen LogP contribution is 2.24. The molecule has 0 heterocycles. The van der Waals surface area contributed by atoms with Gasteiger partial charge in [0, 0.05) is 24.1 Å². The summed E-state index contributed by atoms with van der Waals surface area (Å²) in [5, 5.41) is 2.95. The van der Waals surface area contributed by atoms with Crippen molar-refractivity contribution < 1.29 is 22.4 Å². The maximum absolute atomic E-state index is 14.9. The van der Waals surface area contributed by atoms with Crippen LogP contribution in [-0.4, -0.2) is 49.5 Å². The second kappa shape index (κ2) is 13.3. The van der Waals surface area contributed by atoms with Crippen molar-refractivity contribution in [3.05, 3.63) is 101 Å². The van der Waals surface area contributed by atoms with Crippen LogP contribution in [0.25, 0.3) is 0 Å². The Balaban J connectivity index is 2.07. The molecule has 9 heteroatoms. The average molecular weight is 582 g/mol. The Morgan fingerprint density at radius 3 is 2.02 bits per heavy atom. The van der Waals surface area contributed by atoms with Gasteiger partial charge in [-0.3, -0.25) is 13.9 Å². The van der Waals surface area contributed by atoms with Gasteiger partial charge in [0.25, 0.3) is 0 Å². The molecule has 1 N–H and O–H groups in total. The van der Waals surface area contributed by atoms with E-state index in [2.05, 4.69) is 5.32 Å². The molecule has 0 bridgehead atoms. The summed E-state index contributed by atoms with van der Waals surface area (Å²) in [4.78, 5) is 29.1. The van der Waals surface area contributed by atoms with Crippen molar-refractivity contribution in [2.45, 2.75) is 65.1 Å². The van der Waals surface area contributed by atoms with Crippen LogP contribution in [0.1, 0.15) is 57.2 Å². The largest absolute Gasteiger partial charge is 0.350 e. The maximum atomic E-state index is 14.9. The van der Waals surface area contributed by atoms with Crippen LogP contribution in [-0.2, 0) is 32.6 Å². The molecular weight excluding hydrogens is 541 g/mol. The minimum absolute atomic E-state index is 0.158. The monoisotopic (exact) mass is 581 g/mol. The van der Waals surface area contributed by atoms with E-state index in [0.29, 0.717) is 5.69 Å². The lowest BCUT2D eigenvalue weighted by atomic mass is 10.0. The fourth-order valence-corrected chi connectivity index (χ4v) is 5.31. The van der Waals surface area contributed by atoms with Gasteiger partial charge in [0.15, 0.2) is 0 Å². The zero-order chi connectivity index (χ0) is 30.4. The Bertz CT molecular complexity index is 1440. The van der Waals surface area contributed by atoms with E-state index in [1.807, 2.05) is 77.1 Å².